The van der Waals surface area contributed by atoms with Crippen LogP contribution in [0.5, 0.6) is 0 Å². The third-order valence-corrected chi connectivity index (χ3v) is 2.33. The summed E-state index contributed by atoms with van der Waals surface area (Å²) in [6, 6.07) is 6.14. The molecule has 1 aromatic rings. The van der Waals surface area contributed by atoms with Gasteiger partial charge in [0.2, 0.25) is 0 Å². The molecule has 74 valence electrons. The first-order valence-electron chi connectivity index (χ1n) is 4.31. The minimum Gasteiger partial charge on any atom is -0.447 e. The lowest BCUT2D eigenvalue weighted by Crippen LogP contribution is -2.37. The summed E-state index contributed by atoms with van der Waals surface area (Å²) in [5.41, 5.74) is 0.0995. The van der Waals surface area contributed by atoms with Gasteiger partial charge in [-0.2, -0.15) is 0 Å². The maximum absolute atomic E-state index is 12.9. The van der Waals surface area contributed by atoms with Gasteiger partial charge in [0.1, 0.15) is 12.4 Å². The highest BCUT2D eigenvalue weighted by Gasteiger charge is 2.36. The van der Waals surface area contributed by atoms with Crippen molar-refractivity contribution in [2.24, 2.45) is 0 Å². The molecule has 1 unspecified atom stereocenters. The van der Waals surface area contributed by atoms with E-state index in [1.54, 1.807) is 19.1 Å². The van der Waals surface area contributed by atoms with Gasteiger partial charge in [-0.3, -0.25) is 0 Å². The number of hydrogen-bond acceptors (Lipinski definition) is 2. The molecule has 1 atom stereocenters. The van der Waals surface area contributed by atoms with Crippen LogP contribution in [0.1, 0.15) is 12.5 Å². The lowest BCUT2D eigenvalue weighted by molar-refractivity contribution is 0.173. The molecule has 0 bridgehead atoms. The smallest absolute Gasteiger partial charge is 0.408 e. The van der Waals surface area contributed by atoms with Crippen molar-refractivity contribution in [3.8, 4) is 0 Å². The molecule has 0 saturated carbocycles. The molecule has 3 nitrogen and oxygen atoms in total. The van der Waals surface area contributed by atoms with E-state index in [0.29, 0.717) is 5.56 Å². The van der Waals surface area contributed by atoms with Crippen molar-refractivity contribution in [3.05, 3.63) is 35.6 Å². The molecule has 2 rings (SSSR count). The predicted octanol–water partition coefficient (Wildman–Crippen LogP) is 1.78. The minimum atomic E-state index is -0.612. The van der Waals surface area contributed by atoms with E-state index in [2.05, 4.69) is 5.32 Å². The maximum Gasteiger partial charge on any atom is 0.408 e. The maximum atomic E-state index is 12.9. The van der Waals surface area contributed by atoms with Crippen molar-refractivity contribution in [3.63, 3.8) is 0 Å². The van der Waals surface area contributed by atoms with E-state index in [-0.39, 0.29) is 12.4 Å². The molecule has 14 heavy (non-hydrogen) atoms. The van der Waals surface area contributed by atoms with Gasteiger partial charge in [0.25, 0.3) is 0 Å². The third kappa shape index (κ3) is 1.43. The highest BCUT2D eigenvalue weighted by atomic mass is 19.1. The van der Waals surface area contributed by atoms with Crippen LogP contribution in [0.2, 0.25) is 0 Å². The number of alkyl carbamates (subject to hydrolysis) is 1. The van der Waals surface area contributed by atoms with Crippen molar-refractivity contribution in [2.45, 2.75) is 12.5 Å². The second-order valence-electron chi connectivity index (χ2n) is 3.54. The Morgan fingerprint density at radius 1 is 1.57 bits per heavy atom. The Labute approximate surface area is 80.9 Å². The van der Waals surface area contributed by atoms with Crippen LogP contribution in [-0.2, 0) is 10.3 Å². The number of ether oxygens (including phenoxy) is 1. The van der Waals surface area contributed by atoms with Crippen LogP contribution >= 0.6 is 0 Å². The summed E-state index contributed by atoms with van der Waals surface area (Å²) in [5, 5.41) is 2.65. The van der Waals surface area contributed by atoms with Crippen LogP contribution in [-0.4, -0.2) is 12.7 Å². The third-order valence-electron chi connectivity index (χ3n) is 2.33. The number of carbonyl (C=O) groups excluding carboxylic acids is 1. The van der Waals surface area contributed by atoms with Crippen molar-refractivity contribution < 1.29 is 13.9 Å². The second-order valence-corrected chi connectivity index (χ2v) is 3.54. The van der Waals surface area contributed by atoms with E-state index in [1.807, 2.05) is 0 Å². The van der Waals surface area contributed by atoms with Crippen molar-refractivity contribution in [2.75, 3.05) is 6.61 Å². The van der Waals surface area contributed by atoms with E-state index in [1.165, 1.54) is 12.1 Å². The average molecular weight is 195 g/mol. The second kappa shape index (κ2) is 2.97. The van der Waals surface area contributed by atoms with Crippen molar-refractivity contribution >= 4 is 6.09 Å². The fourth-order valence-corrected chi connectivity index (χ4v) is 1.49. The van der Waals surface area contributed by atoms with Crippen molar-refractivity contribution in [1.29, 1.82) is 0 Å². The topological polar surface area (TPSA) is 38.3 Å². The molecule has 1 aromatic carbocycles. The van der Waals surface area contributed by atoms with Crippen LogP contribution in [0.4, 0.5) is 9.18 Å². The Morgan fingerprint density at radius 2 is 2.36 bits per heavy atom. The van der Waals surface area contributed by atoms with Crippen LogP contribution < -0.4 is 5.32 Å². The highest BCUT2D eigenvalue weighted by molar-refractivity contribution is 5.71. The lowest BCUT2D eigenvalue weighted by atomic mass is 9.94. The molecule has 1 fully saturated rings. The first kappa shape index (κ1) is 8.99. The molecule has 1 aliphatic rings. The summed E-state index contributed by atoms with van der Waals surface area (Å²) in [6.07, 6.45) is -0.461. The fourth-order valence-electron chi connectivity index (χ4n) is 1.49. The highest BCUT2D eigenvalue weighted by Crippen LogP contribution is 2.25. The molecule has 0 spiro atoms. The normalized spacial score (nSPS) is 25.7. The minimum absolute atomic E-state index is 0.231. The standard InChI is InChI=1S/C10H10FNO2/c1-10(6-14-9(13)12-10)7-3-2-4-8(11)5-7/h2-5H,6H2,1H3,(H,12,13). The van der Waals surface area contributed by atoms with Gasteiger partial charge < -0.3 is 10.1 Å². The number of hydrogen-bond donors (Lipinski definition) is 1. The zero-order valence-electron chi connectivity index (χ0n) is 7.71. The summed E-state index contributed by atoms with van der Waals surface area (Å²) in [7, 11) is 0. The Hall–Kier alpha value is -1.58. The van der Waals surface area contributed by atoms with E-state index < -0.39 is 11.6 Å². The quantitative estimate of drug-likeness (QED) is 0.741. The van der Waals surface area contributed by atoms with Crippen LogP contribution in [0, 0.1) is 5.82 Å². The van der Waals surface area contributed by atoms with Gasteiger partial charge in [-0.1, -0.05) is 12.1 Å². The first-order valence-corrected chi connectivity index (χ1v) is 4.31. The zero-order chi connectivity index (χ0) is 10.2. The average Bonchev–Trinajstić information content (AvgIpc) is 2.48. The number of cyclic esters (lactones) is 1. The van der Waals surface area contributed by atoms with Gasteiger partial charge in [-0.15, -0.1) is 0 Å². The summed E-state index contributed by atoms with van der Waals surface area (Å²) >= 11 is 0. The number of rotatable bonds is 1. The molecule has 0 radical (unpaired) electrons. The van der Waals surface area contributed by atoms with Gasteiger partial charge in [0, 0.05) is 0 Å². The Balaban J connectivity index is 2.34. The van der Waals surface area contributed by atoms with Crippen molar-refractivity contribution in [1.82, 2.24) is 5.32 Å². The monoisotopic (exact) mass is 195 g/mol. The first-order chi connectivity index (χ1) is 6.60. The predicted molar refractivity (Wildman–Crippen MR) is 48.2 cm³/mol. The molecule has 1 N–H and O–H groups in total. The Kier molecular flexibility index (Phi) is 1.91. The molecular weight excluding hydrogens is 185 g/mol. The molecule has 1 aliphatic heterocycles. The van der Waals surface area contributed by atoms with E-state index in [4.69, 9.17) is 4.74 Å². The van der Waals surface area contributed by atoms with E-state index >= 15 is 0 Å². The molecule has 1 amide bonds. The molecule has 0 aliphatic carbocycles. The number of nitrogens with one attached hydrogen (secondary N) is 1. The van der Waals surface area contributed by atoms with E-state index in [9.17, 15) is 9.18 Å². The summed E-state index contributed by atoms with van der Waals surface area (Å²) in [6.45, 7) is 2.03. The molecular formula is C10H10FNO2. The summed E-state index contributed by atoms with van der Waals surface area (Å²) < 4.78 is 17.7. The van der Waals surface area contributed by atoms with Crippen LogP contribution in [0.3, 0.4) is 0 Å². The van der Waals surface area contributed by atoms with Gasteiger partial charge in [0.05, 0.1) is 5.54 Å². The number of amides is 1. The Morgan fingerprint density at radius 3 is 2.93 bits per heavy atom. The lowest BCUT2D eigenvalue weighted by Gasteiger charge is -2.21. The molecule has 1 saturated heterocycles. The zero-order valence-corrected chi connectivity index (χ0v) is 7.71. The van der Waals surface area contributed by atoms with Crippen LogP contribution in [0.25, 0.3) is 0 Å². The summed E-state index contributed by atoms with van der Waals surface area (Å²) in [5.74, 6) is -0.315. The SMILES string of the molecule is CC1(c2cccc(F)c2)COC(=O)N1. The molecule has 0 aromatic heterocycles. The van der Waals surface area contributed by atoms with Crippen LogP contribution in [0.15, 0.2) is 24.3 Å². The van der Waals surface area contributed by atoms with E-state index in [0.717, 1.165) is 0 Å². The fraction of sp³-hybridized carbons (Fsp3) is 0.300. The number of halogens is 1. The van der Waals surface area contributed by atoms with Gasteiger partial charge in [-0.05, 0) is 24.6 Å². The summed E-state index contributed by atoms with van der Waals surface area (Å²) in [4.78, 5) is 10.9. The van der Waals surface area contributed by atoms with Gasteiger partial charge >= 0.3 is 6.09 Å². The van der Waals surface area contributed by atoms with Gasteiger partial charge in [-0.25, -0.2) is 9.18 Å². The number of carbonyl (C=O) groups is 1. The molecule has 4 heteroatoms. The van der Waals surface area contributed by atoms with Gasteiger partial charge in [0.15, 0.2) is 0 Å². The Bertz CT molecular complexity index is 380. The largest absolute Gasteiger partial charge is 0.447 e. The molecule has 1 heterocycles. The number of benzene rings is 1.